The molecule has 0 radical (unpaired) electrons. The number of aryl methyl sites for hydroxylation is 1. The molecule has 1 aliphatic rings. The topological polar surface area (TPSA) is 54.2 Å². The molecule has 5 nitrogen and oxygen atoms in total. The van der Waals surface area contributed by atoms with Crippen molar-refractivity contribution in [1.29, 1.82) is 0 Å². The van der Waals surface area contributed by atoms with Crippen LogP contribution < -0.4 is 5.32 Å². The van der Waals surface area contributed by atoms with E-state index in [1.165, 1.54) is 6.07 Å². The van der Waals surface area contributed by atoms with E-state index in [1.54, 1.807) is 12.1 Å². The highest BCUT2D eigenvalue weighted by Crippen LogP contribution is 2.26. The Labute approximate surface area is 151 Å². The lowest BCUT2D eigenvalue weighted by molar-refractivity contribution is 0.148. The van der Waals surface area contributed by atoms with Gasteiger partial charge in [-0.3, -0.25) is 4.90 Å². The third-order valence-electron chi connectivity index (χ3n) is 4.78. The average Bonchev–Trinajstić information content (AvgIpc) is 3.11. The molecule has 2 aromatic carbocycles. The minimum Gasteiger partial charge on any atom is -0.334 e. The maximum atomic E-state index is 13.6. The Balaban J connectivity index is 1.55. The number of piperazine rings is 1. The van der Waals surface area contributed by atoms with Crippen molar-refractivity contribution in [3.63, 3.8) is 0 Å². The fraction of sp³-hybridized carbons (Fsp3) is 0.300. The van der Waals surface area contributed by atoms with Crippen LogP contribution in [0.2, 0.25) is 0 Å². The monoisotopic (exact) mass is 352 g/mol. The Hall–Kier alpha value is -2.57. The zero-order chi connectivity index (χ0) is 17.9. The van der Waals surface area contributed by atoms with Crippen LogP contribution >= 0.6 is 0 Å². The molecule has 2 heterocycles. The molecule has 0 aliphatic carbocycles. The minimum atomic E-state index is -0.213. The summed E-state index contributed by atoms with van der Waals surface area (Å²) in [5.74, 6) is 0.969. The molecule has 26 heavy (non-hydrogen) atoms. The zero-order valence-electron chi connectivity index (χ0n) is 14.7. The fourth-order valence-electron chi connectivity index (χ4n) is 3.40. The van der Waals surface area contributed by atoms with E-state index in [1.807, 2.05) is 37.3 Å². The Kier molecular flexibility index (Phi) is 4.77. The van der Waals surface area contributed by atoms with Gasteiger partial charge in [0.05, 0.1) is 6.54 Å². The lowest BCUT2D eigenvalue weighted by Crippen LogP contribution is -2.45. The van der Waals surface area contributed by atoms with Crippen molar-refractivity contribution in [3.05, 3.63) is 71.3 Å². The molecule has 1 N–H and O–H groups in total. The van der Waals surface area contributed by atoms with Gasteiger partial charge in [-0.1, -0.05) is 35.5 Å². The van der Waals surface area contributed by atoms with Gasteiger partial charge in [0.15, 0.2) is 5.82 Å². The van der Waals surface area contributed by atoms with Crippen molar-refractivity contribution in [2.45, 2.75) is 19.5 Å². The minimum absolute atomic E-state index is 0.0832. The van der Waals surface area contributed by atoms with Crippen LogP contribution in [0.4, 0.5) is 4.39 Å². The second-order valence-corrected chi connectivity index (χ2v) is 6.58. The molecular weight excluding hydrogens is 331 g/mol. The first kappa shape index (κ1) is 16.9. The van der Waals surface area contributed by atoms with E-state index < -0.39 is 0 Å². The predicted octanol–water partition coefficient (Wildman–Crippen LogP) is 3.33. The molecule has 0 amide bonds. The second-order valence-electron chi connectivity index (χ2n) is 6.58. The summed E-state index contributed by atoms with van der Waals surface area (Å²) in [6.45, 7) is 5.09. The van der Waals surface area contributed by atoms with Crippen molar-refractivity contribution in [3.8, 4) is 11.5 Å². The smallest absolute Gasteiger partial charge is 0.258 e. The zero-order valence-corrected chi connectivity index (χ0v) is 14.7. The molecule has 0 spiro atoms. The normalized spacial score (nSPS) is 18.2. The van der Waals surface area contributed by atoms with Gasteiger partial charge in [0.25, 0.3) is 5.89 Å². The molecule has 0 bridgehead atoms. The standard InChI is InChI=1S/C20H21FN4O/c1-14-5-2-3-8-17(14)20-23-19(24-26-20)13-25-10-9-22-12-18(25)15-6-4-7-16(21)11-15/h2-8,11,18,22H,9-10,12-13H2,1H3. The molecule has 1 aliphatic heterocycles. The number of nitrogens with zero attached hydrogens (tertiary/aromatic N) is 3. The van der Waals surface area contributed by atoms with Crippen LogP contribution in [-0.4, -0.2) is 34.7 Å². The van der Waals surface area contributed by atoms with Gasteiger partial charge in [-0.25, -0.2) is 4.39 Å². The lowest BCUT2D eigenvalue weighted by Gasteiger charge is -2.35. The van der Waals surface area contributed by atoms with Crippen molar-refractivity contribution in [2.24, 2.45) is 0 Å². The van der Waals surface area contributed by atoms with Gasteiger partial charge in [0.1, 0.15) is 5.82 Å². The lowest BCUT2D eigenvalue weighted by atomic mass is 10.0. The third kappa shape index (κ3) is 3.52. The maximum absolute atomic E-state index is 13.6. The highest BCUT2D eigenvalue weighted by Gasteiger charge is 2.25. The average molecular weight is 352 g/mol. The molecule has 134 valence electrons. The predicted molar refractivity (Wildman–Crippen MR) is 96.9 cm³/mol. The fourth-order valence-corrected chi connectivity index (χ4v) is 3.40. The first-order valence-electron chi connectivity index (χ1n) is 8.79. The molecule has 3 aromatic rings. The van der Waals surface area contributed by atoms with Crippen LogP contribution in [0.5, 0.6) is 0 Å². The number of rotatable bonds is 4. The summed E-state index contributed by atoms with van der Waals surface area (Å²) in [7, 11) is 0. The van der Waals surface area contributed by atoms with Crippen molar-refractivity contribution >= 4 is 0 Å². The largest absolute Gasteiger partial charge is 0.334 e. The van der Waals surface area contributed by atoms with Crippen molar-refractivity contribution in [1.82, 2.24) is 20.4 Å². The van der Waals surface area contributed by atoms with E-state index in [4.69, 9.17) is 4.52 Å². The van der Waals surface area contributed by atoms with Gasteiger partial charge in [-0.2, -0.15) is 4.98 Å². The Bertz CT molecular complexity index is 895. The van der Waals surface area contributed by atoms with Crippen LogP contribution in [0, 0.1) is 12.7 Å². The first-order chi connectivity index (χ1) is 12.7. The van der Waals surface area contributed by atoms with Crippen LogP contribution in [0.3, 0.4) is 0 Å². The van der Waals surface area contributed by atoms with Gasteiger partial charge in [-0.05, 0) is 36.2 Å². The van der Waals surface area contributed by atoms with Crippen LogP contribution in [-0.2, 0) is 6.54 Å². The molecule has 1 atom stereocenters. The van der Waals surface area contributed by atoms with E-state index in [0.29, 0.717) is 18.3 Å². The summed E-state index contributed by atoms with van der Waals surface area (Å²) >= 11 is 0. The van der Waals surface area contributed by atoms with Crippen molar-refractivity contribution < 1.29 is 8.91 Å². The van der Waals surface area contributed by atoms with Gasteiger partial charge in [0.2, 0.25) is 0 Å². The number of hydrogen-bond donors (Lipinski definition) is 1. The quantitative estimate of drug-likeness (QED) is 0.781. The van der Waals surface area contributed by atoms with E-state index in [0.717, 1.165) is 36.3 Å². The van der Waals surface area contributed by atoms with Crippen molar-refractivity contribution in [2.75, 3.05) is 19.6 Å². The van der Waals surface area contributed by atoms with Gasteiger partial charge in [-0.15, -0.1) is 0 Å². The first-order valence-corrected chi connectivity index (χ1v) is 8.79. The Morgan fingerprint density at radius 3 is 2.96 bits per heavy atom. The van der Waals surface area contributed by atoms with Crippen LogP contribution in [0.15, 0.2) is 53.1 Å². The van der Waals surface area contributed by atoms with Gasteiger partial charge >= 0.3 is 0 Å². The number of aromatic nitrogens is 2. The maximum Gasteiger partial charge on any atom is 0.258 e. The van der Waals surface area contributed by atoms with Crippen LogP contribution in [0.1, 0.15) is 23.0 Å². The third-order valence-corrected chi connectivity index (χ3v) is 4.78. The molecule has 1 fully saturated rings. The Morgan fingerprint density at radius 1 is 1.23 bits per heavy atom. The van der Waals surface area contributed by atoms with E-state index in [-0.39, 0.29) is 11.9 Å². The number of nitrogens with one attached hydrogen (secondary N) is 1. The summed E-state index contributed by atoms with van der Waals surface area (Å²) in [6, 6.07) is 14.8. The summed E-state index contributed by atoms with van der Waals surface area (Å²) in [5.41, 5.74) is 3.01. The molecule has 1 unspecified atom stereocenters. The van der Waals surface area contributed by atoms with E-state index in [2.05, 4.69) is 20.4 Å². The van der Waals surface area contributed by atoms with Crippen LogP contribution in [0.25, 0.3) is 11.5 Å². The summed E-state index contributed by atoms with van der Waals surface area (Å²) in [4.78, 5) is 6.83. The highest BCUT2D eigenvalue weighted by molar-refractivity contribution is 5.57. The number of halogens is 1. The molecule has 1 saturated heterocycles. The molecular formula is C20H21FN4O. The SMILES string of the molecule is Cc1ccccc1-c1nc(CN2CCNCC2c2cccc(F)c2)no1. The molecule has 1 aromatic heterocycles. The summed E-state index contributed by atoms with van der Waals surface area (Å²) in [6.07, 6.45) is 0. The van der Waals surface area contributed by atoms with Gasteiger partial charge in [0, 0.05) is 31.2 Å². The van der Waals surface area contributed by atoms with E-state index >= 15 is 0 Å². The highest BCUT2D eigenvalue weighted by atomic mass is 19.1. The van der Waals surface area contributed by atoms with Gasteiger partial charge < -0.3 is 9.84 Å². The second kappa shape index (κ2) is 7.35. The molecule has 6 heteroatoms. The number of benzene rings is 2. The van der Waals surface area contributed by atoms with E-state index in [9.17, 15) is 4.39 Å². The molecule has 0 saturated carbocycles. The summed E-state index contributed by atoms with van der Waals surface area (Å²) in [5, 5.41) is 7.53. The molecule has 4 rings (SSSR count). The summed E-state index contributed by atoms with van der Waals surface area (Å²) < 4.78 is 19.1. The number of hydrogen-bond acceptors (Lipinski definition) is 5. The Morgan fingerprint density at radius 2 is 2.12 bits per heavy atom.